The zero-order valence-electron chi connectivity index (χ0n) is 14.4. The lowest BCUT2D eigenvalue weighted by molar-refractivity contribution is 0.0528. The first-order valence-electron chi connectivity index (χ1n) is 8.05. The molecule has 0 saturated carbocycles. The number of hydrogen-bond acceptors (Lipinski definition) is 7. The lowest BCUT2D eigenvalue weighted by Gasteiger charge is -2.07. The highest BCUT2D eigenvalue weighted by Crippen LogP contribution is 2.24. The van der Waals surface area contributed by atoms with Crippen molar-refractivity contribution in [3.63, 3.8) is 0 Å². The third-order valence-electron chi connectivity index (χ3n) is 3.68. The number of ether oxygens (including phenoxy) is 1. The van der Waals surface area contributed by atoms with E-state index < -0.39 is 5.97 Å². The molecular weight excluding hydrogens is 344 g/mol. The first-order valence-corrected chi connectivity index (χ1v) is 8.05. The molecule has 0 atom stereocenters. The molecule has 8 heteroatoms. The molecule has 0 spiro atoms. The lowest BCUT2D eigenvalue weighted by Crippen LogP contribution is -2.05. The van der Waals surface area contributed by atoms with Gasteiger partial charge in [-0.2, -0.15) is 15.6 Å². The van der Waals surface area contributed by atoms with Crippen molar-refractivity contribution in [2.45, 2.75) is 6.92 Å². The van der Waals surface area contributed by atoms with E-state index in [1.54, 1.807) is 41.9 Å². The molecule has 2 heterocycles. The zero-order valence-corrected chi connectivity index (χ0v) is 14.4. The predicted molar refractivity (Wildman–Crippen MR) is 97.3 cm³/mol. The fourth-order valence-electron chi connectivity index (χ4n) is 2.48. The van der Waals surface area contributed by atoms with Gasteiger partial charge in [-0.05, 0) is 25.1 Å². The summed E-state index contributed by atoms with van der Waals surface area (Å²) in [6, 6.07) is 12.7. The normalized spacial score (nSPS) is 9.89. The van der Waals surface area contributed by atoms with E-state index in [1.807, 2.05) is 18.2 Å². The summed E-state index contributed by atoms with van der Waals surface area (Å²) in [4.78, 5) is 16.3. The Labute approximate surface area is 154 Å². The minimum atomic E-state index is -0.474. The monoisotopic (exact) mass is 358 g/mol. The van der Waals surface area contributed by atoms with Crippen molar-refractivity contribution in [3.8, 4) is 23.4 Å². The Morgan fingerprint density at radius 1 is 1.33 bits per heavy atom. The molecule has 0 unspecified atom stereocenters. The molecule has 0 bridgehead atoms. The molecule has 3 aromatic rings. The molecule has 3 rings (SSSR count). The van der Waals surface area contributed by atoms with Gasteiger partial charge in [-0.25, -0.2) is 14.3 Å². The van der Waals surface area contributed by atoms with Gasteiger partial charge in [0, 0.05) is 23.6 Å². The number of esters is 1. The minimum Gasteiger partial charge on any atom is -0.462 e. The summed E-state index contributed by atoms with van der Waals surface area (Å²) in [6.07, 6.45) is 4.37. The van der Waals surface area contributed by atoms with Gasteiger partial charge in [-0.3, -0.25) is 0 Å². The SMILES string of the molecule is CCOC(=O)c1cnn2c(-c3cccc(NC=C(C#N)C#N)c3)ccnc12. The molecular formula is C19H14N6O2. The molecule has 0 radical (unpaired) electrons. The van der Waals surface area contributed by atoms with E-state index in [0.717, 1.165) is 11.3 Å². The Kier molecular flexibility index (Phi) is 5.10. The molecule has 1 aromatic carbocycles. The van der Waals surface area contributed by atoms with Crippen molar-refractivity contribution in [1.82, 2.24) is 14.6 Å². The summed E-state index contributed by atoms with van der Waals surface area (Å²) in [7, 11) is 0. The number of nitrogens with one attached hydrogen (secondary N) is 1. The van der Waals surface area contributed by atoms with Crippen LogP contribution >= 0.6 is 0 Å². The third-order valence-corrected chi connectivity index (χ3v) is 3.68. The predicted octanol–water partition coefficient (Wildman–Crippen LogP) is 2.92. The number of carbonyl (C=O) groups is 1. The van der Waals surface area contributed by atoms with E-state index in [0.29, 0.717) is 16.9 Å². The number of hydrogen-bond donors (Lipinski definition) is 1. The van der Waals surface area contributed by atoms with Crippen LogP contribution in [0.1, 0.15) is 17.3 Å². The first kappa shape index (κ1) is 17.6. The number of benzene rings is 1. The lowest BCUT2D eigenvalue weighted by atomic mass is 10.1. The highest BCUT2D eigenvalue weighted by molar-refractivity contribution is 5.96. The van der Waals surface area contributed by atoms with Crippen LogP contribution in [-0.2, 0) is 4.74 Å². The average Bonchev–Trinajstić information content (AvgIpc) is 3.13. The van der Waals surface area contributed by atoms with Gasteiger partial charge in [0.15, 0.2) is 5.65 Å². The van der Waals surface area contributed by atoms with Gasteiger partial charge >= 0.3 is 5.97 Å². The second kappa shape index (κ2) is 7.81. The molecule has 1 N–H and O–H groups in total. The van der Waals surface area contributed by atoms with E-state index >= 15 is 0 Å². The Morgan fingerprint density at radius 3 is 2.89 bits per heavy atom. The average molecular weight is 358 g/mol. The molecule has 0 fully saturated rings. The highest BCUT2D eigenvalue weighted by Gasteiger charge is 2.17. The summed E-state index contributed by atoms with van der Waals surface area (Å²) in [6.45, 7) is 2.00. The number of anilines is 1. The Morgan fingerprint density at radius 2 is 2.15 bits per heavy atom. The van der Waals surface area contributed by atoms with Crippen LogP contribution in [0.4, 0.5) is 5.69 Å². The van der Waals surface area contributed by atoms with Crippen LogP contribution in [0.15, 0.2) is 54.5 Å². The third kappa shape index (κ3) is 3.60. The summed E-state index contributed by atoms with van der Waals surface area (Å²) in [5, 5.41) is 24.8. The number of nitriles is 2. The minimum absolute atomic E-state index is 0.0298. The number of rotatable bonds is 5. The first-order chi connectivity index (χ1) is 13.2. The van der Waals surface area contributed by atoms with Crippen LogP contribution in [0.2, 0.25) is 0 Å². The molecule has 0 aliphatic rings. The van der Waals surface area contributed by atoms with Crippen molar-refractivity contribution in [1.29, 1.82) is 10.5 Å². The van der Waals surface area contributed by atoms with Crippen molar-refractivity contribution in [3.05, 3.63) is 60.1 Å². The van der Waals surface area contributed by atoms with Gasteiger partial charge < -0.3 is 10.1 Å². The highest BCUT2D eigenvalue weighted by atomic mass is 16.5. The summed E-state index contributed by atoms with van der Waals surface area (Å²) < 4.78 is 6.60. The van der Waals surface area contributed by atoms with Gasteiger partial charge in [0.05, 0.1) is 18.5 Å². The van der Waals surface area contributed by atoms with E-state index in [-0.39, 0.29) is 12.2 Å². The van der Waals surface area contributed by atoms with E-state index in [9.17, 15) is 4.79 Å². The number of nitrogens with zero attached hydrogens (tertiary/aromatic N) is 5. The smallest absolute Gasteiger partial charge is 0.343 e. The maximum Gasteiger partial charge on any atom is 0.343 e. The van der Waals surface area contributed by atoms with Crippen molar-refractivity contribution in [2.75, 3.05) is 11.9 Å². The number of carbonyl (C=O) groups excluding carboxylic acids is 1. The van der Waals surface area contributed by atoms with Gasteiger partial charge in [-0.1, -0.05) is 12.1 Å². The maximum atomic E-state index is 12.0. The zero-order chi connectivity index (χ0) is 19.2. The molecule has 27 heavy (non-hydrogen) atoms. The summed E-state index contributed by atoms with van der Waals surface area (Å²) in [5.41, 5.74) is 2.90. The number of fused-ring (bicyclic) bond motifs is 1. The van der Waals surface area contributed by atoms with Crippen molar-refractivity contribution >= 4 is 17.3 Å². The Balaban J connectivity index is 2.00. The van der Waals surface area contributed by atoms with Crippen molar-refractivity contribution in [2.24, 2.45) is 0 Å². The molecule has 132 valence electrons. The van der Waals surface area contributed by atoms with Crippen LogP contribution in [0.5, 0.6) is 0 Å². The number of allylic oxidation sites excluding steroid dienone is 1. The van der Waals surface area contributed by atoms with Gasteiger partial charge in [-0.15, -0.1) is 0 Å². The molecule has 0 amide bonds. The summed E-state index contributed by atoms with van der Waals surface area (Å²) in [5.74, 6) is -0.474. The molecule has 8 nitrogen and oxygen atoms in total. The van der Waals surface area contributed by atoms with Crippen LogP contribution in [0, 0.1) is 22.7 Å². The van der Waals surface area contributed by atoms with Crippen LogP contribution in [-0.4, -0.2) is 27.2 Å². The van der Waals surface area contributed by atoms with E-state index in [4.69, 9.17) is 15.3 Å². The Hall–Kier alpha value is -4.17. The number of aromatic nitrogens is 3. The van der Waals surface area contributed by atoms with Crippen LogP contribution < -0.4 is 5.32 Å². The van der Waals surface area contributed by atoms with Crippen LogP contribution in [0.25, 0.3) is 16.9 Å². The second-order valence-electron chi connectivity index (χ2n) is 5.35. The van der Waals surface area contributed by atoms with Gasteiger partial charge in [0.2, 0.25) is 0 Å². The topological polar surface area (TPSA) is 116 Å². The quantitative estimate of drug-likeness (QED) is 0.550. The second-order valence-corrected chi connectivity index (χ2v) is 5.35. The fourth-order valence-corrected chi connectivity index (χ4v) is 2.48. The molecule has 0 aliphatic carbocycles. The fraction of sp³-hybridized carbons (Fsp3) is 0.105. The van der Waals surface area contributed by atoms with Crippen molar-refractivity contribution < 1.29 is 9.53 Å². The van der Waals surface area contributed by atoms with Gasteiger partial charge in [0.1, 0.15) is 23.3 Å². The maximum absolute atomic E-state index is 12.0. The Bertz CT molecular complexity index is 1100. The van der Waals surface area contributed by atoms with E-state index in [1.165, 1.54) is 12.4 Å². The molecule has 2 aromatic heterocycles. The standard InChI is InChI=1S/C19H14N6O2/c1-2-27-19(26)16-12-24-25-17(6-7-22-18(16)25)14-4-3-5-15(8-14)23-11-13(9-20)10-21/h3-8,11-12,23H,2H2,1H3. The van der Waals surface area contributed by atoms with Crippen LogP contribution in [0.3, 0.4) is 0 Å². The van der Waals surface area contributed by atoms with Gasteiger partial charge in [0.25, 0.3) is 0 Å². The molecule has 0 aliphatic heterocycles. The molecule has 0 saturated heterocycles. The summed E-state index contributed by atoms with van der Waals surface area (Å²) >= 11 is 0. The largest absolute Gasteiger partial charge is 0.462 e. The van der Waals surface area contributed by atoms with E-state index in [2.05, 4.69) is 15.4 Å².